The maximum Gasteiger partial charge on any atom is 0.328 e. The first-order valence-electron chi connectivity index (χ1n) is 6.69. The van der Waals surface area contributed by atoms with E-state index in [1.165, 1.54) is 17.4 Å². The Morgan fingerprint density at radius 3 is 2.71 bits per heavy atom. The molecule has 0 radical (unpaired) electrons. The van der Waals surface area contributed by atoms with Gasteiger partial charge in [0.2, 0.25) is 0 Å². The standard InChI is InChI=1S/C15H21NO4S/c1-5-20-15(3,4)9-16-14(19)12-8-10(2)11(21-12)6-7-13(17)18/h6-8H,5,9H2,1-4H3,(H,16,19)(H,17,18)/b7-6+. The van der Waals surface area contributed by atoms with Gasteiger partial charge in [0.1, 0.15) is 0 Å². The van der Waals surface area contributed by atoms with Crippen LogP contribution in [-0.4, -0.2) is 35.7 Å². The van der Waals surface area contributed by atoms with Gasteiger partial charge in [-0.1, -0.05) is 0 Å². The molecule has 0 unspecified atom stereocenters. The van der Waals surface area contributed by atoms with E-state index in [1.807, 2.05) is 27.7 Å². The van der Waals surface area contributed by atoms with Crippen molar-refractivity contribution in [1.82, 2.24) is 5.32 Å². The van der Waals surface area contributed by atoms with Crippen molar-refractivity contribution < 1.29 is 19.4 Å². The van der Waals surface area contributed by atoms with Gasteiger partial charge in [-0.15, -0.1) is 11.3 Å². The Kier molecular flexibility index (Phi) is 6.11. The maximum absolute atomic E-state index is 12.1. The summed E-state index contributed by atoms with van der Waals surface area (Å²) in [6, 6.07) is 1.76. The molecule has 0 saturated carbocycles. The van der Waals surface area contributed by atoms with Crippen molar-refractivity contribution in [2.75, 3.05) is 13.2 Å². The zero-order valence-electron chi connectivity index (χ0n) is 12.7. The highest BCUT2D eigenvalue weighted by Gasteiger charge is 2.20. The van der Waals surface area contributed by atoms with E-state index in [0.717, 1.165) is 16.5 Å². The van der Waals surface area contributed by atoms with Crippen molar-refractivity contribution >= 4 is 29.3 Å². The monoisotopic (exact) mass is 311 g/mol. The lowest BCUT2D eigenvalue weighted by molar-refractivity contribution is -0.131. The first-order chi connectivity index (χ1) is 9.75. The largest absolute Gasteiger partial charge is 0.478 e. The third-order valence-corrected chi connectivity index (χ3v) is 3.97. The predicted molar refractivity (Wildman–Crippen MR) is 83.8 cm³/mol. The van der Waals surface area contributed by atoms with E-state index in [0.29, 0.717) is 18.0 Å². The van der Waals surface area contributed by atoms with Crippen LogP contribution in [0.15, 0.2) is 12.1 Å². The van der Waals surface area contributed by atoms with Crippen LogP contribution in [0.1, 0.15) is 40.9 Å². The highest BCUT2D eigenvalue weighted by Crippen LogP contribution is 2.23. The van der Waals surface area contributed by atoms with Crippen LogP contribution in [0.2, 0.25) is 0 Å². The number of carbonyl (C=O) groups excluding carboxylic acids is 1. The van der Waals surface area contributed by atoms with Crippen molar-refractivity contribution in [3.05, 3.63) is 27.5 Å². The molecule has 1 rings (SSSR count). The summed E-state index contributed by atoms with van der Waals surface area (Å²) in [7, 11) is 0. The van der Waals surface area contributed by atoms with Crippen LogP contribution in [0.5, 0.6) is 0 Å². The molecule has 1 amide bonds. The molecule has 6 heteroatoms. The normalized spacial score (nSPS) is 11.8. The molecular weight excluding hydrogens is 290 g/mol. The van der Waals surface area contributed by atoms with Gasteiger partial charge in [-0.2, -0.15) is 0 Å². The average Bonchev–Trinajstić information content (AvgIpc) is 2.75. The Morgan fingerprint density at radius 1 is 1.48 bits per heavy atom. The zero-order chi connectivity index (χ0) is 16.0. The summed E-state index contributed by atoms with van der Waals surface area (Å²) < 4.78 is 5.52. The minimum atomic E-state index is -1.01. The van der Waals surface area contributed by atoms with Gasteiger partial charge in [0.25, 0.3) is 5.91 Å². The molecule has 0 spiro atoms. The molecule has 5 nitrogen and oxygen atoms in total. The highest BCUT2D eigenvalue weighted by molar-refractivity contribution is 7.15. The number of aryl methyl sites for hydroxylation is 1. The molecule has 0 aliphatic carbocycles. The highest BCUT2D eigenvalue weighted by atomic mass is 32.1. The number of rotatable bonds is 7. The van der Waals surface area contributed by atoms with Crippen LogP contribution >= 0.6 is 11.3 Å². The smallest absolute Gasteiger partial charge is 0.328 e. The maximum atomic E-state index is 12.1. The molecule has 0 saturated heterocycles. The van der Waals surface area contributed by atoms with Gasteiger partial charge in [0.15, 0.2) is 0 Å². The molecule has 0 aliphatic rings. The molecule has 21 heavy (non-hydrogen) atoms. The number of amides is 1. The number of carboxylic acids is 1. The molecule has 1 aromatic heterocycles. The number of thiophene rings is 1. The van der Waals surface area contributed by atoms with Gasteiger partial charge in [-0.25, -0.2) is 4.79 Å². The number of carbonyl (C=O) groups is 2. The first kappa shape index (κ1) is 17.4. The SMILES string of the molecule is CCOC(C)(C)CNC(=O)c1cc(C)c(/C=C/C(=O)O)s1. The number of hydrogen-bond acceptors (Lipinski definition) is 4. The van der Waals surface area contributed by atoms with E-state index >= 15 is 0 Å². The Bertz CT molecular complexity index is 546. The van der Waals surface area contributed by atoms with E-state index in [2.05, 4.69) is 5.32 Å². The Balaban J connectivity index is 2.71. The summed E-state index contributed by atoms with van der Waals surface area (Å²) in [5, 5.41) is 11.5. The molecular formula is C15H21NO4S. The predicted octanol–water partition coefficient (Wildman–Crippen LogP) is 2.70. The van der Waals surface area contributed by atoms with Gasteiger partial charge in [0, 0.05) is 24.1 Å². The molecule has 2 N–H and O–H groups in total. The van der Waals surface area contributed by atoms with Crippen molar-refractivity contribution in [3.8, 4) is 0 Å². The summed E-state index contributed by atoms with van der Waals surface area (Å²) >= 11 is 1.27. The molecule has 0 aromatic carbocycles. The minimum Gasteiger partial charge on any atom is -0.478 e. The van der Waals surface area contributed by atoms with Gasteiger partial charge in [-0.05, 0) is 45.4 Å². The molecule has 0 fully saturated rings. The third-order valence-electron chi connectivity index (χ3n) is 2.77. The van der Waals surface area contributed by atoms with E-state index in [-0.39, 0.29) is 5.91 Å². The van der Waals surface area contributed by atoms with Gasteiger partial charge in [0.05, 0.1) is 10.5 Å². The summed E-state index contributed by atoms with van der Waals surface area (Å²) in [6.45, 7) is 8.59. The number of carboxylic acid groups (broad SMARTS) is 1. The molecule has 1 aromatic rings. The summed E-state index contributed by atoms with van der Waals surface area (Å²) in [5.74, 6) is -1.18. The Hall–Kier alpha value is -1.66. The van der Waals surface area contributed by atoms with Crippen LogP contribution in [-0.2, 0) is 9.53 Å². The Labute approximate surface area is 128 Å². The molecule has 0 aliphatic heterocycles. The lowest BCUT2D eigenvalue weighted by atomic mass is 10.1. The second-order valence-corrected chi connectivity index (χ2v) is 6.29. The Morgan fingerprint density at radius 2 is 2.14 bits per heavy atom. The van der Waals surface area contributed by atoms with Crippen molar-refractivity contribution in [1.29, 1.82) is 0 Å². The molecule has 0 atom stereocenters. The van der Waals surface area contributed by atoms with Crippen molar-refractivity contribution in [2.24, 2.45) is 0 Å². The molecule has 0 bridgehead atoms. The quantitative estimate of drug-likeness (QED) is 0.759. The van der Waals surface area contributed by atoms with Crippen LogP contribution in [0.4, 0.5) is 0 Å². The summed E-state index contributed by atoms with van der Waals surface area (Å²) in [6.07, 6.45) is 2.57. The zero-order valence-corrected chi connectivity index (χ0v) is 13.5. The average molecular weight is 311 g/mol. The van der Waals surface area contributed by atoms with Crippen LogP contribution in [0.25, 0.3) is 6.08 Å². The minimum absolute atomic E-state index is 0.175. The van der Waals surface area contributed by atoms with Gasteiger partial charge < -0.3 is 15.2 Å². The summed E-state index contributed by atoms with van der Waals surface area (Å²) in [5.41, 5.74) is 0.467. The number of ether oxygens (including phenoxy) is 1. The fraction of sp³-hybridized carbons (Fsp3) is 0.467. The van der Waals surface area contributed by atoms with Crippen LogP contribution in [0.3, 0.4) is 0 Å². The van der Waals surface area contributed by atoms with Crippen molar-refractivity contribution in [2.45, 2.75) is 33.3 Å². The second-order valence-electron chi connectivity index (χ2n) is 5.20. The number of nitrogens with one attached hydrogen (secondary N) is 1. The van der Waals surface area contributed by atoms with Crippen molar-refractivity contribution in [3.63, 3.8) is 0 Å². The van der Waals surface area contributed by atoms with E-state index < -0.39 is 11.6 Å². The number of aliphatic carboxylic acids is 1. The fourth-order valence-electron chi connectivity index (χ4n) is 1.74. The lowest BCUT2D eigenvalue weighted by Crippen LogP contribution is -2.40. The van der Waals surface area contributed by atoms with Crippen LogP contribution < -0.4 is 5.32 Å². The van der Waals surface area contributed by atoms with E-state index in [9.17, 15) is 9.59 Å². The first-order valence-corrected chi connectivity index (χ1v) is 7.50. The molecule has 116 valence electrons. The topological polar surface area (TPSA) is 75.6 Å². The lowest BCUT2D eigenvalue weighted by Gasteiger charge is -2.24. The summed E-state index contributed by atoms with van der Waals surface area (Å²) in [4.78, 5) is 24.0. The van der Waals surface area contributed by atoms with Gasteiger partial charge >= 0.3 is 5.97 Å². The molecule has 1 heterocycles. The fourth-order valence-corrected chi connectivity index (χ4v) is 2.74. The third kappa shape index (κ3) is 5.69. The van der Waals surface area contributed by atoms with Gasteiger partial charge in [-0.3, -0.25) is 4.79 Å². The van der Waals surface area contributed by atoms with E-state index in [1.54, 1.807) is 6.07 Å². The second kappa shape index (κ2) is 7.38. The number of hydrogen-bond donors (Lipinski definition) is 2. The van der Waals surface area contributed by atoms with Crippen LogP contribution in [0, 0.1) is 6.92 Å². The van der Waals surface area contributed by atoms with E-state index in [4.69, 9.17) is 9.84 Å².